The Morgan fingerprint density at radius 2 is 1.93 bits per heavy atom. The lowest BCUT2D eigenvalue weighted by Crippen LogP contribution is -2.45. The zero-order valence-corrected chi connectivity index (χ0v) is 16.8. The first-order valence-electron chi connectivity index (χ1n) is 10.2. The minimum atomic E-state index is 0.252. The van der Waals surface area contributed by atoms with Gasteiger partial charge in [0.15, 0.2) is 0 Å². The lowest BCUT2D eigenvalue weighted by atomic mass is 9.98. The van der Waals surface area contributed by atoms with Gasteiger partial charge in [-0.15, -0.1) is 11.3 Å². The van der Waals surface area contributed by atoms with Gasteiger partial charge in [0.2, 0.25) is 5.91 Å². The van der Waals surface area contributed by atoms with Gasteiger partial charge in [0.25, 0.3) is 0 Å². The Labute approximate surface area is 169 Å². The molecule has 3 heterocycles. The minimum Gasteiger partial charge on any atom is -0.362 e. The van der Waals surface area contributed by atoms with Gasteiger partial charge in [-0.3, -0.25) is 4.79 Å². The number of likely N-dealkylation sites (tertiary alicyclic amines) is 1. The number of thiazole rings is 1. The van der Waals surface area contributed by atoms with Crippen LogP contribution in [0.2, 0.25) is 0 Å². The third kappa shape index (κ3) is 3.39. The molecule has 28 heavy (non-hydrogen) atoms. The molecule has 2 aliphatic rings. The van der Waals surface area contributed by atoms with Crippen LogP contribution in [0.4, 0.5) is 5.69 Å². The molecule has 0 spiro atoms. The van der Waals surface area contributed by atoms with Crippen molar-refractivity contribution in [2.75, 3.05) is 31.1 Å². The van der Waals surface area contributed by atoms with Gasteiger partial charge in [0.05, 0.1) is 21.8 Å². The normalized spacial score (nSPS) is 19.6. The lowest BCUT2D eigenvalue weighted by molar-refractivity contribution is -0.130. The fourth-order valence-electron chi connectivity index (χ4n) is 4.51. The number of carbonyl (C=O) groups is 1. The number of aryl methyl sites for hydroxylation is 1. The number of carbonyl (C=O) groups excluding carboxylic acids is 1. The van der Waals surface area contributed by atoms with Crippen LogP contribution in [-0.4, -0.2) is 42.0 Å². The van der Waals surface area contributed by atoms with E-state index in [2.05, 4.69) is 52.3 Å². The number of hydrogen-bond acceptors (Lipinski definition) is 4. The van der Waals surface area contributed by atoms with E-state index in [0.29, 0.717) is 12.5 Å². The minimum absolute atomic E-state index is 0.252. The number of aromatic nitrogens is 1. The molecule has 2 aromatic carbocycles. The number of nitrogens with zero attached hydrogens (tertiary/aromatic N) is 3. The van der Waals surface area contributed by atoms with E-state index >= 15 is 0 Å². The van der Waals surface area contributed by atoms with Crippen LogP contribution in [0.25, 0.3) is 10.2 Å². The molecule has 0 bridgehead atoms. The van der Waals surface area contributed by atoms with Crippen LogP contribution in [0.15, 0.2) is 48.5 Å². The van der Waals surface area contributed by atoms with Gasteiger partial charge in [0, 0.05) is 31.2 Å². The van der Waals surface area contributed by atoms with Crippen molar-refractivity contribution in [3.63, 3.8) is 0 Å². The van der Waals surface area contributed by atoms with E-state index in [0.717, 1.165) is 50.8 Å². The smallest absolute Gasteiger partial charge is 0.242 e. The number of hydrogen-bond donors (Lipinski definition) is 0. The fraction of sp³-hybridized carbons (Fsp3) is 0.391. The largest absolute Gasteiger partial charge is 0.362 e. The van der Waals surface area contributed by atoms with Crippen molar-refractivity contribution in [3.05, 3.63) is 59.1 Å². The van der Waals surface area contributed by atoms with E-state index in [4.69, 9.17) is 4.98 Å². The average Bonchev–Trinajstić information content (AvgIpc) is 3.18. The Balaban J connectivity index is 1.29. The highest BCUT2D eigenvalue weighted by atomic mass is 32.1. The first-order chi connectivity index (χ1) is 13.8. The summed E-state index contributed by atoms with van der Waals surface area (Å²) in [6.07, 6.45) is 4.42. The Kier molecular flexibility index (Phi) is 4.77. The van der Waals surface area contributed by atoms with Gasteiger partial charge >= 0.3 is 0 Å². The second-order valence-corrected chi connectivity index (χ2v) is 8.91. The van der Waals surface area contributed by atoms with E-state index in [-0.39, 0.29) is 5.91 Å². The van der Waals surface area contributed by atoms with Gasteiger partial charge < -0.3 is 9.80 Å². The summed E-state index contributed by atoms with van der Waals surface area (Å²) in [4.78, 5) is 22.3. The quantitative estimate of drug-likeness (QED) is 0.662. The molecular weight excluding hydrogens is 366 g/mol. The van der Waals surface area contributed by atoms with Crippen LogP contribution >= 0.6 is 11.3 Å². The van der Waals surface area contributed by atoms with E-state index in [1.54, 1.807) is 11.3 Å². The van der Waals surface area contributed by atoms with E-state index in [1.807, 2.05) is 6.07 Å². The lowest BCUT2D eigenvalue weighted by Gasteiger charge is -2.36. The predicted molar refractivity (Wildman–Crippen MR) is 115 cm³/mol. The summed E-state index contributed by atoms with van der Waals surface area (Å²) in [6.45, 7) is 3.13. The monoisotopic (exact) mass is 391 g/mol. The summed E-state index contributed by atoms with van der Waals surface area (Å²) >= 11 is 1.78. The Hall–Kier alpha value is -2.40. The molecule has 0 unspecified atom stereocenters. The summed E-state index contributed by atoms with van der Waals surface area (Å²) < 4.78 is 1.24. The van der Waals surface area contributed by atoms with Crippen LogP contribution in [0, 0.1) is 0 Å². The van der Waals surface area contributed by atoms with Crippen LogP contribution < -0.4 is 4.90 Å². The molecule has 5 heteroatoms. The summed E-state index contributed by atoms with van der Waals surface area (Å²) in [6, 6.07) is 16.8. The molecule has 0 aliphatic carbocycles. The van der Waals surface area contributed by atoms with Crippen LogP contribution in [0.1, 0.15) is 35.8 Å². The molecule has 5 rings (SSSR count). The number of benzene rings is 2. The summed E-state index contributed by atoms with van der Waals surface area (Å²) in [7, 11) is 0. The number of rotatable bonds is 3. The van der Waals surface area contributed by atoms with Crippen LogP contribution in [0.5, 0.6) is 0 Å². The zero-order chi connectivity index (χ0) is 18.9. The Bertz CT molecular complexity index is 965. The molecule has 2 aliphatic heterocycles. The molecule has 1 amide bonds. The molecular formula is C23H25N3OS. The maximum Gasteiger partial charge on any atom is 0.242 e. The van der Waals surface area contributed by atoms with Crippen molar-refractivity contribution in [1.29, 1.82) is 0 Å². The predicted octanol–water partition coefficient (Wildman–Crippen LogP) is 4.46. The number of amides is 1. The number of para-hydroxylation sites is 2. The van der Waals surface area contributed by atoms with E-state index in [1.165, 1.54) is 21.0 Å². The fourth-order valence-corrected chi connectivity index (χ4v) is 5.60. The second kappa shape index (κ2) is 7.55. The molecule has 1 saturated heterocycles. The SMILES string of the molecule is O=C(CN1CCCc2ccccc21)N1CCC[C@@H](c2nc3ccccc3s2)C1. The van der Waals surface area contributed by atoms with Crippen molar-refractivity contribution >= 4 is 33.1 Å². The first-order valence-corrected chi connectivity index (χ1v) is 11.1. The van der Waals surface area contributed by atoms with Gasteiger partial charge in [0.1, 0.15) is 0 Å². The summed E-state index contributed by atoms with van der Waals surface area (Å²) in [5.41, 5.74) is 3.69. The molecule has 0 radical (unpaired) electrons. The van der Waals surface area contributed by atoms with Crippen molar-refractivity contribution in [1.82, 2.24) is 9.88 Å². The molecule has 144 valence electrons. The summed E-state index contributed by atoms with van der Waals surface area (Å²) in [5.74, 6) is 0.617. The molecule has 1 fully saturated rings. The maximum atomic E-state index is 13.1. The van der Waals surface area contributed by atoms with Crippen molar-refractivity contribution < 1.29 is 4.79 Å². The van der Waals surface area contributed by atoms with Crippen molar-refractivity contribution in [2.45, 2.75) is 31.6 Å². The van der Waals surface area contributed by atoms with Crippen molar-refractivity contribution in [2.24, 2.45) is 0 Å². The molecule has 0 saturated carbocycles. The highest BCUT2D eigenvalue weighted by Gasteiger charge is 2.28. The number of fused-ring (bicyclic) bond motifs is 2. The Morgan fingerprint density at radius 1 is 1.07 bits per heavy atom. The maximum absolute atomic E-state index is 13.1. The highest BCUT2D eigenvalue weighted by Crippen LogP contribution is 2.33. The van der Waals surface area contributed by atoms with Crippen LogP contribution in [0.3, 0.4) is 0 Å². The number of anilines is 1. The third-order valence-electron chi connectivity index (χ3n) is 5.97. The average molecular weight is 392 g/mol. The molecule has 0 N–H and O–H groups in total. The number of piperidine rings is 1. The molecule has 3 aromatic rings. The van der Waals surface area contributed by atoms with E-state index in [9.17, 15) is 4.79 Å². The van der Waals surface area contributed by atoms with Gasteiger partial charge in [-0.05, 0) is 49.4 Å². The standard InChI is InChI=1S/C23H25N3OS/c27-22(16-25-13-5-8-17-7-1-3-11-20(17)25)26-14-6-9-18(15-26)23-24-19-10-2-4-12-21(19)28-23/h1-4,7,10-12,18H,5-6,8-9,13-16H2/t18-/m1/s1. The van der Waals surface area contributed by atoms with Gasteiger partial charge in [-0.25, -0.2) is 4.98 Å². The molecule has 1 atom stereocenters. The highest BCUT2D eigenvalue weighted by molar-refractivity contribution is 7.18. The zero-order valence-electron chi connectivity index (χ0n) is 16.0. The topological polar surface area (TPSA) is 36.4 Å². The molecule has 4 nitrogen and oxygen atoms in total. The van der Waals surface area contributed by atoms with Gasteiger partial charge in [-0.2, -0.15) is 0 Å². The Morgan fingerprint density at radius 3 is 2.86 bits per heavy atom. The van der Waals surface area contributed by atoms with Crippen LogP contribution in [-0.2, 0) is 11.2 Å². The first kappa shape index (κ1) is 17.7. The summed E-state index contributed by atoms with van der Waals surface area (Å²) in [5, 5.41) is 1.18. The second-order valence-electron chi connectivity index (χ2n) is 7.85. The van der Waals surface area contributed by atoms with E-state index < -0.39 is 0 Å². The van der Waals surface area contributed by atoms with Crippen molar-refractivity contribution in [3.8, 4) is 0 Å². The molecule has 1 aromatic heterocycles. The van der Waals surface area contributed by atoms with Gasteiger partial charge in [-0.1, -0.05) is 30.3 Å². The third-order valence-corrected chi connectivity index (χ3v) is 7.17.